The fraction of sp³-hybridized carbons (Fsp3) is 0.300. The van der Waals surface area contributed by atoms with Crippen LogP contribution < -0.4 is 0 Å². The van der Waals surface area contributed by atoms with Gasteiger partial charge in [-0.3, -0.25) is 4.90 Å². The first-order valence-electron chi connectivity index (χ1n) is 8.64. The van der Waals surface area contributed by atoms with E-state index in [1.807, 2.05) is 42.5 Å². The molecule has 0 saturated carbocycles. The lowest BCUT2D eigenvalue weighted by atomic mass is 10.2. The van der Waals surface area contributed by atoms with Crippen LogP contribution in [-0.2, 0) is 11.3 Å². The van der Waals surface area contributed by atoms with Gasteiger partial charge < -0.3 is 9.72 Å². The smallest absolute Gasteiger partial charge is 0.410 e. The third-order valence-corrected chi connectivity index (χ3v) is 4.66. The standard InChI is InChI=1S/C20H21N3O2/c1-14-9-10-16-17(12-14)22-19(21-16)18-8-5-11-23(18)20(24)25-13-15-6-3-2-4-7-15/h2-4,6-7,9-10,12,18H,5,8,11,13H2,1H3,(H,21,22)/t18-/m0/s1. The summed E-state index contributed by atoms with van der Waals surface area (Å²) in [6.45, 7) is 3.05. The van der Waals surface area contributed by atoms with Gasteiger partial charge in [-0.15, -0.1) is 0 Å². The first kappa shape index (κ1) is 15.7. The summed E-state index contributed by atoms with van der Waals surface area (Å²) < 4.78 is 5.50. The molecule has 3 aromatic rings. The van der Waals surface area contributed by atoms with E-state index in [9.17, 15) is 4.79 Å². The van der Waals surface area contributed by atoms with Gasteiger partial charge in [-0.1, -0.05) is 36.4 Å². The Morgan fingerprint density at radius 3 is 2.96 bits per heavy atom. The number of fused-ring (bicyclic) bond motifs is 1. The predicted molar refractivity (Wildman–Crippen MR) is 96.1 cm³/mol. The number of ether oxygens (including phenoxy) is 1. The Hall–Kier alpha value is -2.82. The van der Waals surface area contributed by atoms with E-state index in [1.54, 1.807) is 4.90 Å². The fourth-order valence-electron chi connectivity index (χ4n) is 3.37. The second-order valence-corrected chi connectivity index (χ2v) is 6.53. The molecule has 1 aromatic heterocycles. The summed E-state index contributed by atoms with van der Waals surface area (Å²) in [7, 11) is 0. The molecular formula is C20H21N3O2. The summed E-state index contributed by atoms with van der Waals surface area (Å²) in [6.07, 6.45) is 1.59. The maximum atomic E-state index is 12.5. The highest BCUT2D eigenvalue weighted by Crippen LogP contribution is 2.32. The number of H-pyrrole nitrogens is 1. The number of amides is 1. The van der Waals surface area contributed by atoms with Crippen molar-refractivity contribution in [1.29, 1.82) is 0 Å². The molecule has 1 N–H and O–H groups in total. The number of nitrogens with one attached hydrogen (secondary N) is 1. The number of carbonyl (C=O) groups excluding carboxylic acids is 1. The van der Waals surface area contributed by atoms with Crippen LogP contribution in [0.1, 0.15) is 35.8 Å². The van der Waals surface area contributed by atoms with Crippen molar-refractivity contribution < 1.29 is 9.53 Å². The Labute approximate surface area is 146 Å². The maximum absolute atomic E-state index is 12.5. The largest absolute Gasteiger partial charge is 0.445 e. The van der Waals surface area contributed by atoms with Crippen LogP contribution in [0.5, 0.6) is 0 Å². The zero-order valence-corrected chi connectivity index (χ0v) is 14.2. The van der Waals surface area contributed by atoms with Crippen LogP contribution in [0.15, 0.2) is 48.5 Å². The third-order valence-electron chi connectivity index (χ3n) is 4.66. The van der Waals surface area contributed by atoms with E-state index in [0.717, 1.165) is 35.3 Å². The van der Waals surface area contributed by atoms with Crippen molar-refractivity contribution in [2.24, 2.45) is 0 Å². The molecule has 4 rings (SSSR count). The van der Waals surface area contributed by atoms with Gasteiger partial charge in [0.05, 0.1) is 17.1 Å². The van der Waals surface area contributed by atoms with Crippen molar-refractivity contribution in [2.75, 3.05) is 6.54 Å². The molecule has 1 aliphatic heterocycles. The van der Waals surface area contributed by atoms with Crippen molar-refractivity contribution in [1.82, 2.24) is 14.9 Å². The van der Waals surface area contributed by atoms with Gasteiger partial charge in [0.25, 0.3) is 0 Å². The Morgan fingerprint density at radius 1 is 1.28 bits per heavy atom. The molecule has 5 nitrogen and oxygen atoms in total. The average molecular weight is 335 g/mol. The van der Waals surface area contributed by atoms with Crippen molar-refractivity contribution in [3.8, 4) is 0 Å². The molecule has 1 atom stereocenters. The lowest BCUT2D eigenvalue weighted by Gasteiger charge is -2.22. The van der Waals surface area contributed by atoms with Gasteiger partial charge in [0.1, 0.15) is 12.4 Å². The Balaban J connectivity index is 1.50. The van der Waals surface area contributed by atoms with Crippen LogP contribution in [0.4, 0.5) is 4.79 Å². The van der Waals surface area contributed by atoms with Gasteiger partial charge in [0, 0.05) is 6.54 Å². The Bertz CT molecular complexity index is 888. The monoisotopic (exact) mass is 335 g/mol. The van der Waals surface area contributed by atoms with E-state index >= 15 is 0 Å². The number of carbonyl (C=O) groups is 1. The van der Waals surface area contributed by atoms with E-state index in [1.165, 1.54) is 5.56 Å². The van der Waals surface area contributed by atoms with E-state index in [4.69, 9.17) is 4.74 Å². The minimum Gasteiger partial charge on any atom is -0.445 e. The molecule has 128 valence electrons. The predicted octanol–water partition coefficient (Wildman–Crippen LogP) is 4.35. The zero-order valence-electron chi connectivity index (χ0n) is 14.2. The lowest BCUT2D eigenvalue weighted by molar-refractivity contribution is 0.0910. The van der Waals surface area contributed by atoms with Gasteiger partial charge >= 0.3 is 6.09 Å². The van der Waals surface area contributed by atoms with Crippen LogP contribution >= 0.6 is 0 Å². The van der Waals surface area contributed by atoms with Crippen molar-refractivity contribution >= 4 is 17.1 Å². The van der Waals surface area contributed by atoms with Crippen LogP contribution in [0.25, 0.3) is 11.0 Å². The number of aromatic amines is 1. The van der Waals surface area contributed by atoms with E-state index < -0.39 is 0 Å². The molecule has 0 bridgehead atoms. The van der Waals surface area contributed by atoms with Gasteiger partial charge in [0.15, 0.2) is 0 Å². The first-order valence-corrected chi connectivity index (χ1v) is 8.64. The highest BCUT2D eigenvalue weighted by molar-refractivity contribution is 5.76. The van der Waals surface area contributed by atoms with Crippen LogP contribution in [0.3, 0.4) is 0 Å². The van der Waals surface area contributed by atoms with E-state index in [2.05, 4.69) is 23.0 Å². The summed E-state index contributed by atoms with van der Waals surface area (Å²) in [6, 6.07) is 15.8. The second kappa shape index (κ2) is 6.59. The Morgan fingerprint density at radius 2 is 2.12 bits per heavy atom. The SMILES string of the molecule is Cc1ccc2nc([C@@H]3CCCN3C(=O)OCc3ccccc3)[nH]c2c1. The molecule has 1 fully saturated rings. The molecule has 2 aromatic carbocycles. The number of rotatable bonds is 3. The number of hydrogen-bond donors (Lipinski definition) is 1. The van der Waals surface area contributed by atoms with Gasteiger partial charge in [0.2, 0.25) is 0 Å². The van der Waals surface area contributed by atoms with Crippen molar-refractivity contribution in [3.05, 3.63) is 65.5 Å². The topological polar surface area (TPSA) is 58.2 Å². The second-order valence-electron chi connectivity index (χ2n) is 6.53. The number of benzene rings is 2. The number of nitrogens with zero attached hydrogens (tertiary/aromatic N) is 2. The Kier molecular flexibility index (Phi) is 4.14. The number of imidazole rings is 1. The summed E-state index contributed by atoms with van der Waals surface area (Å²) in [4.78, 5) is 22.4. The van der Waals surface area contributed by atoms with Gasteiger partial charge in [-0.05, 0) is 43.0 Å². The van der Waals surface area contributed by atoms with Crippen molar-refractivity contribution in [2.45, 2.75) is 32.4 Å². The molecule has 2 heterocycles. The molecule has 0 spiro atoms. The lowest BCUT2D eigenvalue weighted by Crippen LogP contribution is -2.31. The molecule has 25 heavy (non-hydrogen) atoms. The molecule has 1 aliphatic rings. The molecule has 0 unspecified atom stereocenters. The summed E-state index contributed by atoms with van der Waals surface area (Å²) in [5, 5.41) is 0. The number of aromatic nitrogens is 2. The van der Waals surface area contributed by atoms with Crippen molar-refractivity contribution in [3.63, 3.8) is 0 Å². The zero-order chi connectivity index (χ0) is 17.2. The molecule has 0 radical (unpaired) electrons. The molecule has 5 heteroatoms. The first-order chi connectivity index (χ1) is 12.2. The summed E-state index contributed by atoms with van der Waals surface area (Å²) >= 11 is 0. The van der Waals surface area contributed by atoms with Gasteiger partial charge in [-0.25, -0.2) is 9.78 Å². The quantitative estimate of drug-likeness (QED) is 0.774. The summed E-state index contributed by atoms with van der Waals surface area (Å²) in [5.41, 5.74) is 4.13. The normalized spacial score (nSPS) is 17.2. The van der Waals surface area contributed by atoms with E-state index in [-0.39, 0.29) is 12.1 Å². The highest BCUT2D eigenvalue weighted by Gasteiger charge is 2.33. The number of aryl methyl sites for hydroxylation is 1. The van der Waals surface area contributed by atoms with E-state index in [0.29, 0.717) is 13.2 Å². The van der Waals surface area contributed by atoms with Gasteiger partial charge in [-0.2, -0.15) is 0 Å². The van der Waals surface area contributed by atoms with Crippen LogP contribution in [0.2, 0.25) is 0 Å². The van der Waals surface area contributed by atoms with Crippen LogP contribution in [-0.4, -0.2) is 27.5 Å². The molecular weight excluding hydrogens is 314 g/mol. The number of likely N-dealkylation sites (tertiary alicyclic amines) is 1. The molecule has 1 amide bonds. The number of hydrogen-bond acceptors (Lipinski definition) is 3. The minimum absolute atomic E-state index is 0.0454. The highest BCUT2D eigenvalue weighted by atomic mass is 16.6. The van der Waals surface area contributed by atoms with Crippen LogP contribution in [0, 0.1) is 6.92 Å². The molecule has 1 saturated heterocycles. The minimum atomic E-state index is -0.275. The third kappa shape index (κ3) is 3.22. The fourth-order valence-corrected chi connectivity index (χ4v) is 3.37. The molecule has 0 aliphatic carbocycles. The maximum Gasteiger partial charge on any atom is 0.410 e. The summed E-state index contributed by atoms with van der Waals surface area (Å²) in [5.74, 6) is 0.842. The average Bonchev–Trinajstić information content (AvgIpc) is 3.26.